The van der Waals surface area contributed by atoms with Gasteiger partial charge in [0, 0.05) is 55.3 Å². The highest BCUT2D eigenvalue weighted by molar-refractivity contribution is 7.89. The molecule has 47 heavy (non-hydrogen) atoms. The number of aromatic nitrogens is 1. The van der Waals surface area contributed by atoms with E-state index in [9.17, 15) is 22.0 Å². The van der Waals surface area contributed by atoms with Crippen LogP contribution in [-0.4, -0.2) is 83.4 Å². The van der Waals surface area contributed by atoms with Gasteiger partial charge in [-0.05, 0) is 79.2 Å². The Morgan fingerprint density at radius 1 is 1.04 bits per heavy atom. The van der Waals surface area contributed by atoms with Crippen LogP contribution in [0.25, 0.3) is 11.1 Å². The normalized spacial score (nSPS) is 14.9. The van der Waals surface area contributed by atoms with Gasteiger partial charge in [0.1, 0.15) is 17.5 Å². The summed E-state index contributed by atoms with van der Waals surface area (Å²) in [5.74, 6) is -0.547. The van der Waals surface area contributed by atoms with Gasteiger partial charge in [0.25, 0.3) is 0 Å². The minimum Gasteiger partial charge on any atom is -0.481 e. The molecule has 13 heteroatoms. The van der Waals surface area contributed by atoms with Crippen LogP contribution in [0.5, 0.6) is 5.88 Å². The van der Waals surface area contributed by atoms with Crippen molar-refractivity contribution in [1.82, 2.24) is 14.6 Å². The van der Waals surface area contributed by atoms with Crippen molar-refractivity contribution >= 4 is 33.5 Å². The second-order valence-corrected chi connectivity index (χ2v) is 12.8. The number of methoxy groups -OCH3 is 1. The van der Waals surface area contributed by atoms with E-state index in [1.165, 1.54) is 35.7 Å². The molecule has 1 fully saturated rings. The molecule has 1 aromatic heterocycles. The second kappa shape index (κ2) is 14.9. The number of halogens is 2. The van der Waals surface area contributed by atoms with Crippen molar-refractivity contribution in [1.29, 1.82) is 0 Å². The number of benzene rings is 3. The number of rotatable bonds is 11. The van der Waals surface area contributed by atoms with E-state index in [0.717, 1.165) is 17.2 Å². The number of morpholine rings is 1. The molecule has 1 aliphatic rings. The van der Waals surface area contributed by atoms with Gasteiger partial charge in [-0.2, -0.15) is 4.31 Å². The fraction of sp³-hybridized carbons (Fsp3) is 0.265. The number of sulfonamides is 1. The standard InChI is InChI=1S/C34H35F2N5O5S/c1-37-32(18-23-16-27(35)20-28(36)17-23)34(39-31-19-24(4-5-26(31)22-42)25-6-11-33(45-3)38-21-25)40(2)29-7-9-30(10-8-29)47(43,44)41-12-14-46-15-13-41/h4-11,16-17,19-22,32,37H,12-15,18H2,1-3H3. The Bertz CT molecular complexity index is 1830. The molecule has 0 bridgehead atoms. The average molecular weight is 664 g/mol. The number of aliphatic imine (C=N–C) groups is 1. The summed E-state index contributed by atoms with van der Waals surface area (Å²) in [5.41, 5.74) is 3.18. The molecule has 3 aromatic carbocycles. The average Bonchev–Trinajstić information content (AvgIpc) is 3.09. The number of hydrogen-bond acceptors (Lipinski definition) is 8. The van der Waals surface area contributed by atoms with Crippen molar-refractivity contribution in [2.24, 2.45) is 4.99 Å². The predicted molar refractivity (Wildman–Crippen MR) is 176 cm³/mol. The third-order valence-electron chi connectivity index (χ3n) is 7.87. The summed E-state index contributed by atoms with van der Waals surface area (Å²) in [4.78, 5) is 23.3. The van der Waals surface area contributed by atoms with Crippen LogP contribution in [0.4, 0.5) is 20.2 Å². The van der Waals surface area contributed by atoms with E-state index in [2.05, 4.69) is 10.3 Å². The Morgan fingerprint density at radius 3 is 2.32 bits per heavy atom. The molecule has 2 heterocycles. The van der Waals surface area contributed by atoms with Gasteiger partial charge < -0.3 is 19.7 Å². The molecule has 1 aliphatic heterocycles. The lowest BCUT2D eigenvalue weighted by molar-refractivity contribution is 0.0730. The number of hydrogen-bond donors (Lipinski definition) is 1. The first-order valence-corrected chi connectivity index (χ1v) is 16.3. The number of ether oxygens (including phenoxy) is 2. The minimum absolute atomic E-state index is 0.138. The van der Waals surface area contributed by atoms with Crippen molar-refractivity contribution in [2.75, 3.05) is 52.4 Å². The lowest BCUT2D eigenvalue weighted by Gasteiger charge is -2.29. The third kappa shape index (κ3) is 7.88. The molecule has 10 nitrogen and oxygen atoms in total. The van der Waals surface area contributed by atoms with Crippen LogP contribution >= 0.6 is 0 Å². The number of nitrogens with one attached hydrogen (secondary N) is 1. The quantitative estimate of drug-likeness (QED) is 0.138. The topological polar surface area (TPSA) is 113 Å². The van der Waals surface area contributed by atoms with E-state index < -0.39 is 27.7 Å². The van der Waals surface area contributed by atoms with Crippen molar-refractivity contribution in [3.63, 3.8) is 0 Å². The van der Waals surface area contributed by atoms with E-state index in [0.29, 0.717) is 53.7 Å². The summed E-state index contributed by atoms with van der Waals surface area (Å²) in [5, 5.41) is 3.19. The highest BCUT2D eigenvalue weighted by Crippen LogP contribution is 2.30. The summed E-state index contributed by atoms with van der Waals surface area (Å²) >= 11 is 0. The number of likely N-dealkylation sites (N-methyl/N-ethyl adjacent to an activating group) is 2. The van der Waals surface area contributed by atoms with E-state index in [4.69, 9.17) is 14.5 Å². The molecule has 1 saturated heterocycles. The number of pyridine rings is 1. The molecule has 0 spiro atoms. The fourth-order valence-corrected chi connectivity index (χ4v) is 6.71. The zero-order chi connectivity index (χ0) is 33.6. The summed E-state index contributed by atoms with van der Waals surface area (Å²) in [7, 11) is 1.25. The fourth-order valence-electron chi connectivity index (χ4n) is 5.30. The van der Waals surface area contributed by atoms with Crippen LogP contribution in [0.2, 0.25) is 0 Å². The smallest absolute Gasteiger partial charge is 0.243 e. The summed E-state index contributed by atoms with van der Waals surface area (Å²) in [6.45, 7) is 1.21. The second-order valence-electron chi connectivity index (χ2n) is 10.8. The maximum atomic E-state index is 14.2. The van der Waals surface area contributed by atoms with Crippen LogP contribution in [0.15, 0.2) is 88.9 Å². The molecular formula is C34H35F2N5O5S. The molecule has 0 aliphatic carbocycles. The first-order chi connectivity index (χ1) is 22.6. The number of aldehydes is 1. The maximum absolute atomic E-state index is 14.2. The molecule has 0 saturated carbocycles. The monoisotopic (exact) mass is 663 g/mol. The minimum atomic E-state index is -3.72. The number of carbonyl (C=O) groups excluding carboxylic acids is 1. The molecular weight excluding hydrogens is 628 g/mol. The molecule has 1 unspecified atom stereocenters. The van der Waals surface area contributed by atoms with Gasteiger partial charge in [0.05, 0.1) is 36.9 Å². The van der Waals surface area contributed by atoms with E-state index in [1.807, 2.05) is 6.07 Å². The van der Waals surface area contributed by atoms with Crippen molar-refractivity contribution in [3.05, 3.63) is 102 Å². The number of anilines is 1. The van der Waals surface area contributed by atoms with Crippen LogP contribution in [0.3, 0.4) is 0 Å². The van der Waals surface area contributed by atoms with Crippen LogP contribution in [0.1, 0.15) is 15.9 Å². The van der Waals surface area contributed by atoms with Crippen LogP contribution in [-0.2, 0) is 21.2 Å². The van der Waals surface area contributed by atoms with Gasteiger partial charge in [0.2, 0.25) is 15.9 Å². The van der Waals surface area contributed by atoms with E-state index in [-0.39, 0.29) is 24.4 Å². The van der Waals surface area contributed by atoms with Crippen LogP contribution in [0, 0.1) is 11.6 Å². The lowest BCUT2D eigenvalue weighted by atomic mass is 10.0. The first kappa shape index (κ1) is 33.8. The van der Waals surface area contributed by atoms with E-state index >= 15 is 0 Å². The van der Waals surface area contributed by atoms with E-state index in [1.54, 1.807) is 61.6 Å². The number of amidine groups is 1. The molecule has 1 N–H and O–H groups in total. The summed E-state index contributed by atoms with van der Waals surface area (Å²) in [6, 6.07) is 17.9. The van der Waals surface area contributed by atoms with Gasteiger partial charge in [-0.15, -0.1) is 0 Å². The van der Waals surface area contributed by atoms with Gasteiger partial charge in [0.15, 0.2) is 6.29 Å². The van der Waals surface area contributed by atoms with Gasteiger partial charge in [-0.3, -0.25) is 4.79 Å². The highest BCUT2D eigenvalue weighted by atomic mass is 32.2. The Hall–Kier alpha value is -4.56. The Kier molecular flexibility index (Phi) is 10.7. The van der Waals surface area contributed by atoms with Crippen molar-refractivity contribution in [2.45, 2.75) is 17.4 Å². The van der Waals surface area contributed by atoms with Crippen LogP contribution < -0.4 is 15.0 Å². The lowest BCUT2D eigenvalue weighted by Crippen LogP contribution is -2.45. The number of carbonyl (C=O) groups is 1. The summed E-state index contributed by atoms with van der Waals surface area (Å²) in [6.07, 6.45) is 2.50. The first-order valence-electron chi connectivity index (χ1n) is 14.8. The van der Waals surface area contributed by atoms with Crippen molar-refractivity contribution in [3.8, 4) is 17.0 Å². The van der Waals surface area contributed by atoms with Crippen molar-refractivity contribution < 1.29 is 31.5 Å². The van der Waals surface area contributed by atoms with Gasteiger partial charge in [-0.1, -0.05) is 6.07 Å². The zero-order valence-electron chi connectivity index (χ0n) is 26.2. The zero-order valence-corrected chi connectivity index (χ0v) is 27.0. The molecule has 4 aromatic rings. The molecule has 246 valence electrons. The van der Waals surface area contributed by atoms with Gasteiger partial charge in [-0.25, -0.2) is 27.2 Å². The molecule has 5 rings (SSSR count). The number of nitrogens with zero attached hydrogens (tertiary/aromatic N) is 4. The Morgan fingerprint density at radius 2 is 1.72 bits per heavy atom. The Labute approximate surface area is 272 Å². The van der Waals surface area contributed by atoms with Gasteiger partial charge >= 0.3 is 0 Å². The molecule has 0 radical (unpaired) electrons. The maximum Gasteiger partial charge on any atom is 0.243 e. The SMILES string of the molecule is CNC(Cc1cc(F)cc(F)c1)C(=Nc1cc(-c2ccc(OC)nc2)ccc1C=O)N(C)c1ccc(S(=O)(=O)N2CCOCC2)cc1. The highest BCUT2D eigenvalue weighted by Gasteiger charge is 2.27. The predicted octanol–water partition coefficient (Wildman–Crippen LogP) is 4.87. The third-order valence-corrected chi connectivity index (χ3v) is 9.78. The molecule has 1 atom stereocenters. The summed E-state index contributed by atoms with van der Waals surface area (Å²) < 4.78 is 66.6. The molecule has 0 amide bonds. The largest absolute Gasteiger partial charge is 0.481 e. The Balaban J connectivity index is 1.57.